The molecular weight excluding hydrogens is 464 g/mol. The van der Waals surface area contributed by atoms with E-state index in [4.69, 9.17) is 9.90 Å². The molecule has 0 saturated heterocycles. The Kier molecular flexibility index (Phi) is 11.4. The van der Waals surface area contributed by atoms with Gasteiger partial charge in [0.25, 0.3) is 0 Å². The summed E-state index contributed by atoms with van der Waals surface area (Å²) in [6.45, 7) is 3.37. The lowest BCUT2D eigenvalue weighted by molar-refractivity contribution is -0.858. The highest BCUT2D eigenvalue weighted by Crippen LogP contribution is 2.43. The summed E-state index contributed by atoms with van der Waals surface area (Å²) in [7, 11) is 4.48. The molecule has 1 aliphatic rings. The van der Waals surface area contributed by atoms with Gasteiger partial charge in [-0.25, -0.2) is 0 Å². The molecule has 0 bridgehead atoms. The minimum absolute atomic E-state index is 0.138. The average molecular weight is 504 g/mol. The quantitative estimate of drug-likeness (QED) is 0.514. The van der Waals surface area contributed by atoms with Gasteiger partial charge in [0.05, 0.1) is 20.6 Å². The molecule has 0 aliphatic heterocycles. The SMILES string of the molecule is CC(=O)[O-].C[NH+](C)CCCCCNC1(c2ccc(Br)cc2)CCC(c2ccccc2)CC1. The third-order valence-corrected chi connectivity index (χ3v) is 6.85. The van der Waals surface area contributed by atoms with Crippen LogP contribution in [-0.2, 0) is 10.3 Å². The number of nitrogens with one attached hydrogen (secondary N) is 2. The summed E-state index contributed by atoms with van der Waals surface area (Å²) >= 11 is 3.60. The fraction of sp³-hybridized carbons (Fsp3) is 0.519. The number of carboxylic acid groups (broad SMARTS) is 1. The molecule has 0 heterocycles. The molecule has 176 valence electrons. The van der Waals surface area contributed by atoms with Crippen LogP contribution in [0.15, 0.2) is 59.1 Å². The zero-order valence-electron chi connectivity index (χ0n) is 19.8. The van der Waals surface area contributed by atoms with E-state index in [9.17, 15) is 0 Å². The van der Waals surface area contributed by atoms with Crippen molar-refractivity contribution in [3.63, 3.8) is 0 Å². The standard InChI is InChI=1S/C25H35BrN2.C2H4O2/c1-28(2)20-8-4-7-19-27-25(23-11-13-24(26)14-12-23)17-15-22(16-18-25)21-9-5-3-6-10-21;1-2(3)4/h3,5-6,9-14,22,27H,4,7-8,15-20H2,1-2H3;1H3,(H,3,4). The second-order valence-corrected chi connectivity index (χ2v) is 10.1. The molecule has 0 radical (unpaired) electrons. The average Bonchev–Trinajstić information content (AvgIpc) is 2.77. The first-order valence-electron chi connectivity index (χ1n) is 11.8. The molecule has 2 N–H and O–H groups in total. The van der Waals surface area contributed by atoms with E-state index in [0.29, 0.717) is 5.92 Å². The van der Waals surface area contributed by atoms with Crippen molar-refractivity contribution in [3.05, 3.63) is 70.2 Å². The summed E-state index contributed by atoms with van der Waals surface area (Å²) in [5.41, 5.74) is 3.11. The molecule has 5 heteroatoms. The second kappa shape index (κ2) is 13.8. The van der Waals surface area contributed by atoms with Crippen LogP contribution >= 0.6 is 15.9 Å². The summed E-state index contributed by atoms with van der Waals surface area (Å²) in [4.78, 5) is 10.4. The maximum Gasteiger partial charge on any atom is 0.0766 e. The lowest BCUT2D eigenvalue weighted by atomic mass is 9.71. The van der Waals surface area contributed by atoms with Gasteiger partial charge in [-0.1, -0.05) is 58.4 Å². The van der Waals surface area contributed by atoms with Crippen LogP contribution in [0.4, 0.5) is 0 Å². The largest absolute Gasteiger partial charge is 0.550 e. The minimum atomic E-state index is -1.08. The highest BCUT2D eigenvalue weighted by molar-refractivity contribution is 9.10. The zero-order chi connectivity index (χ0) is 23.4. The Morgan fingerprint density at radius 2 is 1.62 bits per heavy atom. The van der Waals surface area contributed by atoms with Gasteiger partial charge in [-0.05, 0) is 87.6 Å². The lowest BCUT2D eigenvalue weighted by Gasteiger charge is -2.42. The molecule has 1 fully saturated rings. The van der Waals surface area contributed by atoms with E-state index >= 15 is 0 Å². The first kappa shape index (κ1) is 26.6. The molecule has 2 aromatic carbocycles. The predicted octanol–water partition coefficient (Wildman–Crippen LogP) is 3.66. The molecule has 3 rings (SSSR count). The molecule has 1 aliphatic carbocycles. The van der Waals surface area contributed by atoms with Crippen LogP contribution in [0.25, 0.3) is 0 Å². The molecule has 0 amide bonds. The number of quaternary nitrogens is 1. The van der Waals surface area contributed by atoms with Gasteiger partial charge in [-0.2, -0.15) is 0 Å². The number of carbonyl (C=O) groups excluding carboxylic acids is 1. The van der Waals surface area contributed by atoms with Gasteiger partial charge < -0.3 is 20.1 Å². The Morgan fingerprint density at radius 1 is 1.03 bits per heavy atom. The molecule has 0 atom stereocenters. The van der Waals surface area contributed by atoms with Crippen molar-refractivity contribution in [1.82, 2.24) is 5.32 Å². The number of hydrogen-bond acceptors (Lipinski definition) is 3. The summed E-state index contributed by atoms with van der Waals surface area (Å²) in [5.74, 6) is -0.380. The maximum absolute atomic E-state index is 8.89. The van der Waals surface area contributed by atoms with Gasteiger partial charge in [-0.3, -0.25) is 0 Å². The molecule has 0 unspecified atom stereocenters. The van der Waals surface area contributed by atoms with Crippen LogP contribution in [0.1, 0.15) is 68.9 Å². The summed E-state index contributed by atoms with van der Waals surface area (Å²) in [6, 6.07) is 20.1. The van der Waals surface area contributed by atoms with Crippen molar-refractivity contribution in [3.8, 4) is 0 Å². The third-order valence-electron chi connectivity index (χ3n) is 6.32. The third kappa shape index (κ3) is 9.05. The molecule has 2 aromatic rings. The van der Waals surface area contributed by atoms with Crippen molar-refractivity contribution >= 4 is 21.9 Å². The Bertz CT molecular complexity index is 781. The number of unbranched alkanes of at least 4 members (excludes halogenated alkanes) is 2. The molecule has 32 heavy (non-hydrogen) atoms. The number of benzene rings is 2. The van der Waals surface area contributed by atoms with Crippen molar-refractivity contribution in [2.75, 3.05) is 27.2 Å². The summed E-state index contributed by atoms with van der Waals surface area (Å²) in [5, 5.41) is 12.9. The van der Waals surface area contributed by atoms with E-state index in [2.05, 4.69) is 89.9 Å². The highest BCUT2D eigenvalue weighted by Gasteiger charge is 2.36. The second-order valence-electron chi connectivity index (χ2n) is 9.21. The molecule has 1 saturated carbocycles. The minimum Gasteiger partial charge on any atom is -0.550 e. The fourth-order valence-electron chi connectivity index (χ4n) is 4.61. The van der Waals surface area contributed by atoms with Crippen molar-refractivity contribution in [2.45, 2.75) is 63.3 Å². The normalized spacial score (nSPS) is 20.5. The van der Waals surface area contributed by atoms with Gasteiger partial charge in [0, 0.05) is 16.0 Å². The molecule has 4 nitrogen and oxygen atoms in total. The van der Waals surface area contributed by atoms with E-state index in [1.54, 1.807) is 4.90 Å². The Hall–Kier alpha value is -1.69. The monoisotopic (exact) mass is 502 g/mol. The predicted molar refractivity (Wildman–Crippen MR) is 134 cm³/mol. The number of halogens is 1. The van der Waals surface area contributed by atoms with Crippen LogP contribution in [0.5, 0.6) is 0 Å². The van der Waals surface area contributed by atoms with Crippen LogP contribution in [0.2, 0.25) is 0 Å². The van der Waals surface area contributed by atoms with E-state index < -0.39 is 5.97 Å². The van der Waals surface area contributed by atoms with E-state index in [1.807, 2.05) is 0 Å². The van der Waals surface area contributed by atoms with Gasteiger partial charge in [-0.15, -0.1) is 0 Å². The van der Waals surface area contributed by atoms with Crippen LogP contribution in [-0.4, -0.2) is 33.2 Å². The molecular formula is C27H39BrN2O2. The smallest absolute Gasteiger partial charge is 0.0766 e. The van der Waals surface area contributed by atoms with Crippen molar-refractivity contribution in [2.24, 2.45) is 0 Å². The van der Waals surface area contributed by atoms with Crippen molar-refractivity contribution < 1.29 is 14.8 Å². The van der Waals surface area contributed by atoms with E-state index in [-0.39, 0.29) is 5.54 Å². The maximum atomic E-state index is 8.89. The summed E-state index contributed by atoms with van der Waals surface area (Å²) < 4.78 is 1.16. The van der Waals surface area contributed by atoms with Gasteiger partial charge in [0.2, 0.25) is 0 Å². The first-order chi connectivity index (χ1) is 15.3. The molecule has 0 spiro atoms. The van der Waals surface area contributed by atoms with E-state index in [0.717, 1.165) is 17.9 Å². The zero-order valence-corrected chi connectivity index (χ0v) is 21.4. The first-order valence-corrected chi connectivity index (χ1v) is 12.6. The number of rotatable bonds is 9. The Balaban J connectivity index is 0.000000837. The number of carbonyl (C=O) groups is 1. The van der Waals surface area contributed by atoms with Gasteiger partial charge >= 0.3 is 0 Å². The number of aliphatic carboxylic acids is 1. The fourth-order valence-corrected chi connectivity index (χ4v) is 4.88. The Labute approximate surface area is 202 Å². The summed E-state index contributed by atoms with van der Waals surface area (Å²) in [6.07, 6.45) is 8.88. The van der Waals surface area contributed by atoms with Crippen LogP contribution < -0.4 is 15.3 Å². The van der Waals surface area contributed by atoms with E-state index in [1.165, 1.54) is 62.6 Å². The molecule has 0 aromatic heterocycles. The topological polar surface area (TPSA) is 56.6 Å². The number of carboxylic acids is 1. The van der Waals surface area contributed by atoms with Gasteiger partial charge in [0.15, 0.2) is 0 Å². The van der Waals surface area contributed by atoms with Crippen LogP contribution in [0.3, 0.4) is 0 Å². The Morgan fingerprint density at radius 3 is 2.19 bits per heavy atom. The number of hydrogen-bond donors (Lipinski definition) is 2. The van der Waals surface area contributed by atoms with Gasteiger partial charge in [0.1, 0.15) is 0 Å². The lowest BCUT2D eigenvalue weighted by Crippen LogP contribution is -3.05. The van der Waals surface area contributed by atoms with Crippen molar-refractivity contribution in [1.29, 1.82) is 0 Å². The van der Waals surface area contributed by atoms with Crippen LogP contribution in [0, 0.1) is 0 Å². The highest BCUT2D eigenvalue weighted by atomic mass is 79.9.